The fraction of sp³-hybridized carbons (Fsp3) is 0.481. The van der Waals surface area contributed by atoms with Crippen molar-refractivity contribution in [3.05, 3.63) is 62.9 Å². The second kappa shape index (κ2) is 9.72. The Morgan fingerprint density at radius 2 is 1.97 bits per heavy atom. The zero-order chi connectivity index (χ0) is 26.4. The van der Waals surface area contributed by atoms with Crippen LogP contribution in [-0.4, -0.2) is 35.7 Å². The van der Waals surface area contributed by atoms with Crippen LogP contribution < -0.4 is 4.74 Å². The molecule has 9 heteroatoms. The minimum atomic E-state index is -4.47. The SMILES string of the molecule is COc1cnc(Br)cc1C1=C(CN2C(=O)O[C@H](c3cc(C)cc(C(F)(F)F)c3)[C@@H]2C)CC(C)(C)CC1. The fourth-order valence-corrected chi connectivity index (χ4v) is 5.54. The zero-order valence-corrected chi connectivity index (χ0v) is 22.6. The van der Waals surface area contributed by atoms with Gasteiger partial charge in [0.2, 0.25) is 0 Å². The van der Waals surface area contributed by atoms with Gasteiger partial charge in [-0.1, -0.05) is 25.5 Å². The third-order valence-corrected chi connectivity index (χ3v) is 7.49. The summed E-state index contributed by atoms with van der Waals surface area (Å²) >= 11 is 3.45. The number of benzene rings is 1. The van der Waals surface area contributed by atoms with Crippen LogP contribution in [0.2, 0.25) is 0 Å². The molecule has 194 valence electrons. The Balaban J connectivity index is 1.70. The number of ether oxygens (including phenoxy) is 2. The van der Waals surface area contributed by atoms with Crippen LogP contribution in [0.4, 0.5) is 18.0 Å². The van der Waals surface area contributed by atoms with Gasteiger partial charge in [-0.2, -0.15) is 13.2 Å². The lowest BCUT2D eigenvalue weighted by Crippen LogP contribution is -2.35. The van der Waals surface area contributed by atoms with Crippen molar-refractivity contribution in [1.29, 1.82) is 0 Å². The normalized spacial score (nSPS) is 22.1. The summed E-state index contributed by atoms with van der Waals surface area (Å²) in [5, 5.41) is 0. The molecule has 0 radical (unpaired) electrons. The van der Waals surface area contributed by atoms with Crippen molar-refractivity contribution in [2.24, 2.45) is 5.41 Å². The number of aromatic nitrogens is 1. The molecule has 1 saturated heterocycles. The summed E-state index contributed by atoms with van der Waals surface area (Å²) in [4.78, 5) is 18.9. The predicted molar refractivity (Wildman–Crippen MR) is 135 cm³/mol. The summed E-state index contributed by atoms with van der Waals surface area (Å²) in [7, 11) is 1.60. The van der Waals surface area contributed by atoms with E-state index in [1.165, 1.54) is 0 Å². The first-order chi connectivity index (χ1) is 16.8. The number of carbonyl (C=O) groups is 1. The third-order valence-electron chi connectivity index (χ3n) is 7.06. The number of carbonyl (C=O) groups excluding carboxylic acids is 1. The van der Waals surface area contributed by atoms with Gasteiger partial charge in [0.05, 0.1) is 24.9 Å². The zero-order valence-electron chi connectivity index (χ0n) is 21.0. The predicted octanol–water partition coefficient (Wildman–Crippen LogP) is 7.73. The molecular weight excluding hydrogens is 537 g/mol. The van der Waals surface area contributed by atoms with Crippen LogP contribution in [0.5, 0.6) is 5.75 Å². The molecule has 1 aliphatic heterocycles. The van der Waals surface area contributed by atoms with E-state index in [4.69, 9.17) is 9.47 Å². The van der Waals surface area contributed by atoms with E-state index in [0.717, 1.165) is 48.1 Å². The first-order valence-electron chi connectivity index (χ1n) is 11.9. The van der Waals surface area contributed by atoms with Crippen LogP contribution in [0.25, 0.3) is 5.57 Å². The Hall–Kier alpha value is -2.55. The lowest BCUT2D eigenvalue weighted by atomic mass is 9.72. The highest BCUT2D eigenvalue weighted by molar-refractivity contribution is 9.10. The Morgan fingerprint density at radius 1 is 1.25 bits per heavy atom. The van der Waals surface area contributed by atoms with Gasteiger partial charge in [-0.15, -0.1) is 0 Å². The van der Waals surface area contributed by atoms with E-state index in [9.17, 15) is 18.0 Å². The van der Waals surface area contributed by atoms with E-state index >= 15 is 0 Å². The minimum Gasteiger partial charge on any atom is -0.495 e. The number of alkyl halides is 3. The van der Waals surface area contributed by atoms with E-state index in [1.54, 1.807) is 31.2 Å². The van der Waals surface area contributed by atoms with Crippen LogP contribution in [0.15, 0.2) is 40.6 Å². The molecule has 5 nitrogen and oxygen atoms in total. The number of halogens is 4. The summed E-state index contributed by atoms with van der Waals surface area (Å²) in [6.45, 7) is 8.16. The highest BCUT2D eigenvalue weighted by Gasteiger charge is 2.42. The van der Waals surface area contributed by atoms with Crippen molar-refractivity contribution >= 4 is 27.6 Å². The molecule has 0 N–H and O–H groups in total. The Labute approximate surface area is 217 Å². The summed E-state index contributed by atoms with van der Waals surface area (Å²) in [5.74, 6) is 0.653. The van der Waals surface area contributed by atoms with Gasteiger partial charge in [-0.3, -0.25) is 4.90 Å². The van der Waals surface area contributed by atoms with Gasteiger partial charge in [0.15, 0.2) is 0 Å². The van der Waals surface area contributed by atoms with Crippen LogP contribution in [0.1, 0.15) is 68.4 Å². The molecule has 0 saturated carbocycles. The largest absolute Gasteiger partial charge is 0.495 e. The van der Waals surface area contributed by atoms with E-state index in [2.05, 4.69) is 34.8 Å². The van der Waals surface area contributed by atoms with E-state index in [1.807, 2.05) is 13.0 Å². The highest BCUT2D eigenvalue weighted by atomic mass is 79.9. The maximum atomic E-state index is 13.4. The number of pyridine rings is 1. The van der Waals surface area contributed by atoms with E-state index in [-0.39, 0.29) is 5.41 Å². The summed E-state index contributed by atoms with van der Waals surface area (Å²) in [5.41, 5.74) is 3.24. The maximum Gasteiger partial charge on any atom is 0.416 e. The molecule has 0 spiro atoms. The molecule has 1 fully saturated rings. The van der Waals surface area contributed by atoms with Crippen molar-refractivity contribution in [3.8, 4) is 5.75 Å². The van der Waals surface area contributed by atoms with Gasteiger partial charge >= 0.3 is 12.3 Å². The first kappa shape index (κ1) is 26.5. The molecule has 1 aromatic carbocycles. The molecule has 2 aromatic rings. The van der Waals surface area contributed by atoms with Crippen LogP contribution >= 0.6 is 15.9 Å². The average Bonchev–Trinajstić information content (AvgIpc) is 3.06. The van der Waals surface area contributed by atoms with Crippen molar-refractivity contribution in [3.63, 3.8) is 0 Å². The standard InChI is InChI=1S/C27H30BrF3N2O3/c1-15-8-17(10-19(9-15)27(29,30)31)24-16(2)33(25(34)36-24)14-18-12-26(3,4)7-6-20(18)21-11-23(28)32-13-22(21)35-5/h8-11,13,16,24H,6-7,12,14H2,1-5H3/t16-,24-/m0/s1. The topological polar surface area (TPSA) is 51.7 Å². The lowest BCUT2D eigenvalue weighted by Gasteiger charge is -2.35. The quantitative estimate of drug-likeness (QED) is 0.347. The fourth-order valence-electron chi connectivity index (χ4n) is 5.21. The number of nitrogens with zero attached hydrogens (tertiary/aromatic N) is 2. The molecular formula is C27H30BrF3N2O3. The molecule has 1 amide bonds. The molecule has 2 heterocycles. The van der Waals surface area contributed by atoms with Gasteiger partial charge in [-0.05, 0) is 89.4 Å². The Bertz CT molecular complexity index is 1210. The van der Waals surface area contributed by atoms with Gasteiger partial charge in [-0.25, -0.2) is 9.78 Å². The summed E-state index contributed by atoms with van der Waals surface area (Å²) in [6, 6.07) is 5.32. The molecule has 1 aliphatic carbocycles. The number of rotatable bonds is 5. The number of methoxy groups -OCH3 is 1. The number of hydrogen-bond acceptors (Lipinski definition) is 4. The van der Waals surface area contributed by atoms with E-state index in [0.29, 0.717) is 28.0 Å². The number of allylic oxidation sites excluding steroid dienone is 1. The van der Waals surface area contributed by atoms with Crippen molar-refractivity contribution in [1.82, 2.24) is 9.88 Å². The molecule has 2 aliphatic rings. The monoisotopic (exact) mass is 566 g/mol. The molecule has 0 bridgehead atoms. The highest BCUT2D eigenvalue weighted by Crippen LogP contribution is 2.46. The second-order valence-corrected chi connectivity index (χ2v) is 11.2. The molecule has 2 atom stereocenters. The lowest BCUT2D eigenvalue weighted by molar-refractivity contribution is -0.137. The number of cyclic esters (lactones) is 1. The van der Waals surface area contributed by atoms with Gasteiger partial charge < -0.3 is 9.47 Å². The molecule has 1 aromatic heterocycles. The molecule has 36 heavy (non-hydrogen) atoms. The van der Waals surface area contributed by atoms with Crippen LogP contribution in [-0.2, 0) is 10.9 Å². The van der Waals surface area contributed by atoms with Crippen molar-refractivity contribution in [2.75, 3.05) is 13.7 Å². The first-order valence-corrected chi connectivity index (χ1v) is 12.7. The summed E-state index contributed by atoms with van der Waals surface area (Å²) in [6.07, 6.45) is -1.57. The summed E-state index contributed by atoms with van der Waals surface area (Å²) < 4.78 is 52.2. The number of aryl methyl sites for hydroxylation is 1. The molecule has 0 unspecified atom stereocenters. The number of hydrogen-bond donors (Lipinski definition) is 0. The van der Waals surface area contributed by atoms with E-state index < -0.39 is 30.0 Å². The molecule has 4 rings (SSSR count). The minimum absolute atomic E-state index is 0.0424. The Morgan fingerprint density at radius 3 is 2.64 bits per heavy atom. The third kappa shape index (κ3) is 5.41. The van der Waals surface area contributed by atoms with Gasteiger partial charge in [0.25, 0.3) is 0 Å². The second-order valence-electron chi connectivity index (χ2n) is 10.4. The van der Waals surface area contributed by atoms with Crippen molar-refractivity contribution in [2.45, 2.75) is 65.3 Å². The van der Waals surface area contributed by atoms with Crippen LogP contribution in [0, 0.1) is 12.3 Å². The van der Waals surface area contributed by atoms with Crippen molar-refractivity contribution < 1.29 is 27.4 Å². The maximum absolute atomic E-state index is 13.4. The average molecular weight is 567 g/mol. The van der Waals surface area contributed by atoms with Crippen LogP contribution in [0.3, 0.4) is 0 Å². The number of amides is 1. The van der Waals surface area contributed by atoms with Gasteiger partial charge in [0.1, 0.15) is 16.5 Å². The smallest absolute Gasteiger partial charge is 0.416 e. The Kier molecular flexibility index (Phi) is 7.16. The van der Waals surface area contributed by atoms with Gasteiger partial charge in [0, 0.05) is 12.1 Å².